The first-order chi connectivity index (χ1) is 9.03. The normalized spacial score (nSPS) is 18.3. The van der Waals surface area contributed by atoms with Crippen molar-refractivity contribution in [3.63, 3.8) is 0 Å². The van der Waals surface area contributed by atoms with Crippen LogP contribution in [0.15, 0.2) is 6.07 Å². The van der Waals surface area contributed by atoms with Gasteiger partial charge >= 0.3 is 0 Å². The topological polar surface area (TPSA) is 55.5 Å². The summed E-state index contributed by atoms with van der Waals surface area (Å²) in [5, 5.41) is 11.0. The lowest BCUT2D eigenvalue weighted by Gasteiger charge is -2.35. The minimum atomic E-state index is -0.530. The SMILES string of the molecule is CCc1cc(OC)c(O)c(C2(N)CCCCC2)c1Cl. The van der Waals surface area contributed by atoms with Gasteiger partial charge in [-0.05, 0) is 30.9 Å². The summed E-state index contributed by atoms with van der Waals surface area (Å²) in [6.07, 6.45) is 5.85. The smallest absolute Gasteiger partial charge is 0.164 e. The van der Waals surface area contributed by atoms with Crippen LogP contribution in [0.2, 0.25) is 5.02 Å². The first-order valence-corrected chi connectivity index (χ1v) is 7.29. The van der Waals surface area contributed by atoms with Crippen LogP contribution >= 0.6 is 11.6 Å². The Hall–Kier alpha value is -0.930. The van der Waals surface area contributed by atoms with Crippen LogP contribution in [-0.4, -0.2) is 12.2 Å². The number of hydrogen-bond donors (Lipinski definition) is 2. The maximum absolute atomic E-state index is 10.4. The molecule has 106 valence electrons. The van der Waals surface area contributed by atoms with Crippen molar-refractivity contribution in [3.05, 3.63) is 22.2 Å². The van der Waals surface area contributed by atoms with Gasteiger partial charge in [0, 0.05) is 11.1 Å². The van der Waals surface area contributed by atoms with Gasteiger partial charge in [0.05, 0.1) is 12.1 Å². The molecule has 0 atom stereocenters. The summed E-state index contributed by atoms with van der Waals surface area (Å²) in [7, 11) is 1.55. The minimum Gasteiger partial charge on any atom is -0.504 e. The summed E-state index contributed by atoms with van der Waals surface area (Å²) in [6, 6.07) is 1.80. The van der Waals surface area contributed by atoms with Gasteiger partial charge in [0.2, 0.25) is 0 Å². The van der Waals surface area contributed by atoms with Crippen molar-refractivity contribution in [1.29, 1.82) is 0 Å². The molecule has 0 spiro atoms. The summed E-state index contributed by atoms with van der Waals surface area (Å²) in [5.41, 5.74) is 7.64. The van der Waals surface area contributed by atoms with Crippen LogP contribution in [0.1, 0.15) is 50.2 Å². The van der Waals surface area contributed by atoms with Crippen molar-refractivity contribution in [2.45, 2.75) is 51.0 Å². The van der Waals surface area contributed by atoms with Crippen molar-refractivity contribution in [1.82, 2.24) is 0 Å². The number of aromatic hydroxyl groups is 1. The van der Waals surface area contributed by atoms with Crippen molar-refractivity contribution in [2.75, 3.05) is 7.11 Å². The van der Waals surface area contributed by atoms with Gasteiger partial charge in [0.15, 0.2) is 11.5 Å². The maximum atomic E-state index is 10.4. The van der Waals surface area contributed by atoms with Crippen molar-refractivity contribution in [2.24, 2.45) is 5.73 Å². The Morgan fingerprint density at radius 1 is 1.37 bits per heavy atom. The van der Waals surface area contributed by atoms with E-state index in [1.54, 1.807) is 13.2 Å². The van der Waals surface area contributed by atoms with Gasteiger partial charge in [0.1, 0.15) is 0 Å². The molecule has 0 aliphatic heterocycles. The fourth-order valence-corrected chi connectivity index (χ4v) is 3.44. The van der Waals surface area contributed by atoms with Crippen molar-refractivity contribution in [3.8, 4) is 11.5 Å². The van der Waals surface area contributed by atoms with E-state index in [0.717, 1.165) is 37.7 Å². The molecule has 1 aromatic carbocycles. The van der Waals surface area contributed by atoms with E-state index in [9.17, 15) is 5.11 Å². The van der Waals surface area contributed by atoms with Crippen LogP contribution < -0.4 is 10.5 Å². The Labute approximate surface area is 119 Å². The molecule has 1 aromatic rings. The number of rotatable bonds is 3. The third-order valence-corrected chi connectivity index (χ3v) is 4.55. The molecule has 3 nitrogen and oxygen atoms in total. The molecule has 0 heterocycles. The summed E-state index contributed by atoms with van der Waals surface area (Å²) < 4.78 is 5.25. The van der Waals surface area contributed by atoms with Crippen molar-refractivity contribution < 1.29 is 9.84 Å². The second-order valence-corrected chi connectivity index (χ2v) is 5.72. The zero-order chi connectivity index (χ0) is 14.0. The summed E-state index contributed by atoms with van der Waals surface area (Å²) in [4.78, 5) is 0. The van der Waals surface area contributed by atoms with Crippen LogP contribution in [0.5, 0.6) is 11.5 Å². The van der Waals surface area contributed by atoms with Gasteiger partial charge in [-0.1, -0.05) is 37.8 Å². The third kappa shape index (κ3) is 2.54. The van der Waals surface area contributed by atoms with E-state index < -0.39 is 5.54 Å². The highest BCUT2D eigenvalue weighted by Gasteiger charge is 2.35. The number of benzene rings is 1. The number of aryl methyl sites for hydroxylation is 1. The number of ether oxygens (including phenoxy) is 1. The lowest BCUT2D eigenvalue weighted by molar-refractivity contribution is 0.286. The molecule has 19 heavy (non-hydrogen) atoms. The lowest BCUT2D eigenvalue weighted by Crippen LogP contribution is -2.39. The fourth-order valence-electron chi connectivity index (χ4n) is 2.98. The summed E-state index contributed by atoms with van der Waals surface area (Å²) in [5.74, 6) is 0.570. The fraction of sp³-hybridized carbons (Fsp3) is 0.600. The van der Waals surface area contributed by atoms with Gasteiger partial charge in [-0.25, -0.2) is 0 Å². The van der Waals surface area contributed by atoms with Gasteiger partial charge in [0.25, 0.3) is 0 Å². The number of phenolic OH excluding ortho intramolecular Hbond substituents is 1. The van der Waals surface area contributed by atoms with Gasteiger partial charge in [-0.2, -0.15) is 0 Å². The molecule has 0 bridgehead atoms. The van der Waals surface area contributed by atoms with Gasteiger partial charge in [-0.15, -0.1) is 0 Å². The molecule has 1 saturated carbocycles. The molecule has 0 saturated heterocycles. The third-order valence-electron chi connectivity index (χ3n) is 4.12. The minimum absolute atomic E-state index is 0.106. The van der Waals surface area contributed by atoms with Crippen LogP contribution in [0.4, 0.5) is 0 Å². The largest absolute Gasteiger partial charge is 0.504 e. The molecule has 0 unspecified atom stereocenters. The summed E-state index contributed by atoms with van der Waals surface area (Å²) in [6.45, 7) is 2.03. The van der Waals surface area contributed by atoms with E-state index in [1.807, 2.05) is 6.92 Å². The number of halogens is 1. The first-order valence-electron chi connectivity index (χ1n) is 6.91. The molecule has 1 fully saturated rings. The standard InChI is InChI=1S/C15H22ClNO2/c1-3-10-9-11(19-2)14(18)12(13(10)16)15(17)7-5-4-6-8-15/h9,18H,3-8,17H2,1-2H3. The van der Waals surface area contributed by atoms with E-state index in [4.69, 9.17) is 22.1 Å². The molecule has 0 amide bonds. The molecule has 4 heteroatoms. The van der Waals surface area contributed by atoms with E-state index in [1.165, 1.54) is 6.42 Å². The molecule has 0 radical (unpaired) electrons. The summed E-state index contributed by atoms with van der Waals surface area (Å²) >= 11 is 6.47. The van der Waals surface area contributed by atoms with Crippen LogP contribution in [-0.2, 0) is 12.0 Å². The van der Waals surface area contributed by atoms with Gasteiger partial charge < -0.3 is 15.6 Å². The zero-order valence-electron chi connectivity index (χ0n) is 11.6. The van der Waals surface area contributed by atoms with Gasteiger partial charge in [-0.3, -0.25) is 0 Å². The molecule has 1 aliphatic carbocycles. The second kappa shape index (κ2) is 5.59. The number of nitrogens with two attached hydrogens (primary N) is 1. The molecule has 3 N–H and O–H groups in total. The van der Waals surface area contributed by atoms with Crippen molar-refractivity contribution >= 4 is 11.6 Å². The highest BCUT2D eigenvalue weighted by molar-refractivity contribution is 6.32. The molecular formula is C15H22ClNO2. The molecule has 0 aromatic heterocycles. The predicted molar refractivity (Wildman–Crippen MR) is 78.0 cm³/mol. The Balaban J connectivity index is 2.59. The number of methoxy groups -OCH3 is 1. The van der Waals surface area contributed by atoms with Crippen LogP contribution in [0.25, 0.3) is 0 Å². The highest BCUT2D eigenvalue weighted by atomic mass is 35.5. The van der Waals surface area contributed by atoms with E-state index >= 15 is 0 Å². The van der Waals surface area contributed by atoms with Crippen LogP contribution in [0, 0.1) is 0 Å². The number of hydrogen-bond acceptors (Lipinski definition) is 3. The average molecular weight is 284 g/mol. The monoisotopic (exact) mass is 283 g/mol. The first kappa shape index (κ1) is 14.5. The Morgan fingerprint density at radius 3 is 2.53 bits per heavy atom. The zero-order valence-corrected chi connectivity index (χ0v) is 12.4. The second-order valence-electron chi connectivity index (χ2n) is 5.35. The number of phenols is 1. The molecule has 1 aliphatic rings. The average Bonchev–Trinajstić information content (AvgIpc) is 2.40. The van der Waals surface area contributed by atoms with E-state index in [-0.39, 0.29) is 5.75 Å². The Morgan fingerprint density at radius 2 is 2.00 bits per heavy atom. The molecular weight excluding hydrogens is 262 g/mol. The van der Waals surface area contributed by atoms with E-state index in [0.29, 0.717) is 16.3 Å². The maximum Gasteiger partial charge on any atom is 0.164 e. The Kier molecular flexibility index (Phi) is 4.26. The predicted octanol–water partition coefficient (Wildman–Crippen LogP) is 3.73. The Bertz CT molecular complexity index is 439. The highest BCUT2D eigenvalue weighted by Crippen LogP contribution is 2.47. The van der Waals surface area contributed by atoms with Crippen LogP contribution in [0.3, 0.4) is 0 Å². The quantitative estimate of drug-likeness (QED) is 0.888. The molecule has 2 rings (SSSR count). The van der Waals surface area contributed by atoms with E-state index in [2.05, 4.69) is 0 Å². The lowest BCUT2D eigenvalue weighted by atomic mass is 9.76.